The molecule has 0 N–H and O–H groups in total. The number of carbonyl (C=O) groups excluding carboxylic acids is 1. The summed E-state index contributed by atoms with van der Waals surface area (Å²) in [4.78, 5) is 14.2. The third-order valence-corrected chi connectivity index (χ3v) is 4.30. The van der Waals surface area contributed by atoms with Crippen molar-refractivity contribution in [2.24, 2.45) is 0 Å². The van der Waals surface area contributed by atoms with Gasteiger partial charge >= 0.3 is 0 Å². The van der Waals surface area contributed by atoms with Gasteiger partial charge in [-0.2, -0.15) is 0 Å². The number of Topliss-reactive ketones (excluding diaryl/α,β-unsaturated/α-hetero) is 1. The molecule has 3 rings (SSSR count). The van der Waals surface area contributed by atoms with Gasteiger partial charge in [0, 0.05) is 31.5 Å². The molecular formula is C13H20N4O. The Hall–Kier alpha value is -1.23. The number of fused-ring (bicyclic) bond motifs is 2. The first kappa shape index (κ1) is 11.8. The van der Waals surface area contributed by atoms with E-state index < -0.39 is 0 Å². The fraction of sp³-hybridized carbons (Fsp3) is 0.769. The van der Waals surface area contributed by atoms with Gasteiger partial charge in [0.2, 0.25) is 0 Å². The topological polar surface area (TPSA) is 51.0 Å². The van der Waals surface area contributed by atoms with E-state index in [-0.39, 0.29) is 0 Å². The van der Waals surface area contributed by atoms with Crippen molar-refractivity contribution in [1.29, 1.82) is 0 Å². The molecule has 1 aromatic rings. The molecule has 2 atom stereocenters. The van der Waals surface area contributed by atoms with Crippen molar-refractivity contribution >= 4 is 5.78 Å². The minimum absolute atomic E-state index is 0.437. The highest BCUT2D eigenvalue weighted by Crippen LogP contribution is 2.33. The van der Waals surface area contributed by atoms with E-state index >= 15 is 0 Å². The standard InChI is InChI=1S/C13H20N4O/c1-2-16-9-14-15-13(16)8-17-10-4-3-5-11(17)7-12(18)6-10/h9-11H,2-8H2,1H3. The smallest absolute Gasteiger partial charge is 0.147 e. The van der Waals surface area contributed by atoms with Gasteiger partial charge in [0.25, 0.3) is 0 Å². The number of ketones is 1. The van der Waals surface area contributed by atoms with E-state index in [1.165, 1.54) is 6.42 Å². The number of rotatable bonds is 3. The predicted molar refractivity (Wildman–Crippen MR) is 66.9 cm³/mol. The minimum atomic E-state index is 0.437. The maximum Gasteiger partial charge on any atom is 0.147 e. The number of aryl methyl sites for hydroxylation is 1. The number of aromatic nitrogens is 3. The van der Waals surface area contributed by atoms with Gasteiger partial charge in [-0.15, -0.1) is 10.2 Å². The van der Waals surface area contributed by atoms with E-state index in [0.717, 1.165) is 44.6 Å². The van der Waals surface area contributed by atoms with Gasteiger partial charge in [-0.1, -0.05) is 6.42 Å². The maximum atomic E-state index is 11.7. The largest absolute Gasteiger partial charge is 0.317 e. The fourth-order valence-corrected chi connectivity index (χ4v) is 3.35. The number of nitrogens with zero attached hydrogens (tertiary/aromatic N) is 4. The minimum Gasteiger partial charge on any atom is -0.317 e. The summed E-state index contributed by atoms with van der Waals surface area (Å²) in [6.07, 6.45) is 6.83. The second-order valence-electron chi connectivity index (χ2n) is 5.39. The molecule has 2 aliphatic rings. The lowest BCUT2D eigenvalue weighted by atomic mass is 9.84. The van der Waals surface area contributed by atoms with Crippen molar-refractivity contribution in [2.45, 2.75) is 64.2 Å². The van der Waals surface area contributed by atoms with Gasteiger partial charge in [-0.25, -0.2) is 0 Å². The predicted octanol–water partition coefficient (Wildman–Crippen LogP) is 1.38. The van der Waals surface area contributed by atoms with Crippen LogP contribution in [0.3, 0.4) is 0 Å². The average molecular weight is 248 g/mol. The van der Waals surface area contributed by atoms with E-state index in [4.69, 9.17) is 0 Å². The van der Waals surface area contributed by atoms with Crippen LogP contribution in [0.25, 0.3) is 0 Å². The van der Waals surface area contributed by atoms with Crippen LogP contribution in [0.2, 0.25) is 0 Å². The van der Waals surface area contributed by atoms with Crippen LogP contribution < -0.4 is 0 Å². The van der Waals surface area contributed by atoms with Crippen LogP contribution in [0.5, 0.6) is 0 Å². The summed E-state index contributed by atoms with van der Waals surface area (Å²) in [7, 11) is 0. The van der Waals surface area contributed by atoms with Gasteiger partial charge in [0.1, 0.15) is 17.9 Å². The molecule has 0 amide bonds. The molecule has 2 bridgehead atoms. The first-order valence-electron chi connectivity index (χ1n) is 6.92. The molecule has 0 radical (unpaired) electrons. The Kier molecular flexibility index (Phi) is 3.16. The summed E-state index contributed by atoms with van der Waals surface area (Å²) in [5, 5.41) is 8.20. The third kappa shape index (κ3) is 2.07. The molecule has 2 aliphatic heterocycles. The Morgan fingerprint density at radius 2 is 2.06 bits per heavy atom. The summed E-state index contributed by atoms with van der Waals surface area (Å²) >= 11 is 0. The average Bonchev–Trinajstić information content (AvgIpc) is 2.77. The van der Waals surface area contributed by atoms with E-state index in [2.05, 4.69) is 26.6 Å². The number of piperidine rings is 2. The van der Waals surface area contributed by atoms with Crippen molar-refractivity contribution in [2.75, 3.05) is 0 Å². The van der Waals surface area contributed by atoms with Crippen LogP contribution in [0.15, 0.2) is 6.33 Å². The molecule has 2 unspecified atom stereocenters. The molecule has 0 aromatic carbocycles. The van der Waals surface area contributed by atoms with Crippen LogP contribution in [-0.2, 0) is 17.9 Å². The molecule has 98 valence electrons. The summed E-state index contributed by atoms with van der Waals surface area (Å²) in [5.41, 5.74) is 0. The lowest BCUT2D eigenvalue weighted by molar-refractivity contribution is -0.127. The lowest BCUT2D eigenvalue weighted by Gasteiger charge is -2.45. The molecule has 0 aliphatic carbocycles. The van der Waals surface area contributed by atoms with Gasteiger partial charge in [-0.3, -0.25) is 9.69 Å². The zero-order valence-corrected chi connectivity index (χ0v) is 10.9. The summed E-state index contributed by atoms with van der Waals surface area (Å²) in [6.45, 7) is 3.86. The first-order valence-corrected chi connectivity index (χ1v) is 6.92. The molecule has 1 aromatic heterocycles. The molecule has 2 fully saturated rings. The van der Waals surface area contributed by atoms with E-state index in [9.17, 15) is 4.79 Å². The second-order valence-corrected chi connectivity index (χ2v) is 5.39. The molecular weight excluding hydrogens is 228 g/mol. The number of hydrogen-bond donors (Lipinski definition) is 0. The van der Waals surface area contributed by atoms with Crippen LogP contribution in [-0.4, -0.2) is 37.5 Å². The highest BCUT2D eigenvalue weighted by atomic mass is 16.1. The number of hydrogen-bond acceptors (Lipinski definition) is 4. The second kappa shape index (κ2) is 4.80. The summed E-state index contributed by atoms with van der Waals surface area (Å²) in [5.74, 6) is 1.47. The molecule has 2 saturated heterocycles. The summed E-state index contributed by atoms with van der Waals surface area (Å²) in [6, 6.07) is 0.874. The Labute approximate surface area is 107 Å². The van der Waals surface area contributed by atoms with Gasteiger partial charge in [0.15, 0.2) is 0 Å². The van der Waals surface area contributed by atoms with Crippen LogP contribution in [0.4, 0.5) is 0 Å². The van der Waals surface area contributed by atoms with Crippen molar-refractivity contribution < 1.29 is 4.79 Å². The van der Waals surface area contributed by atoms with Gasteiger partial charge < -0.3 is 4.57 Å². The van der Waals surface area contributed by atoms with Crippen LogP contribution in [0, 0.1) is 0 Å². The fourth-order valence-electron chi connectivity index (χ4n) is 3.35. The molecule has 0 spiro atoms. The number of carbonyl (C=O) groups is 1. The summed E-state index contributed by atoms with van der Waals surface area (Å²) < 4.78 is 2.09. The molecule has 3 heterocycles. The molecule has 5 heteroatoms. The first-order chi connectivity index (χ1) is 8.78. The molecule has 0 saturated carbocycles. The highest BCUT2D eigenvalue weighted by Gasteiger charge is 2.37. The monoisotopic (exact) mass is 248 g/mol. The van der Waals surface area contributed by atoms with E-state index in [1.807, 2.05) is 0 Å². The lowest BCUT2D eigenvalue weighted by Crippen LogP contribution is -2.52. The normalized spacial score (nSPS) is 28.6. The Balaban J connectivity index is 1.77. The van der Waals surface area contributed by atoms with E-state index in [1.54, 1.807) is 6.33 Å². The molecule has 18 heavy (non-hydrogen) atoms. The van der Waals surface area contributed by atoms with Crippen LogP contribution >= 0.6 is 0 Å². The SMILES string of the molecule is CCn1cnnc1CN1C2CCCC1CC(=O)C2. The van der Waals surface area contributed by atoms with Crippen molar-refractivity contribution in [3.05, 3.63) is 12.2 Å². The Bertz CT molecular complexity index is 426. The Morgan fingerprint density at radius 3 is 2.72 bits per heavy atom. The quantitative estimate of drug-likeness (QED) is 0.811. The third-order valence-electron chi connectivity index (χ3n) is 4.30. The maximum absolute atomic E-state index is 11.7. The highest BCUT2D eigenvalue weighted by molar-refractivity contribution is 5.80. The zero-order valence-electron chi connectivity index (χ0n) is 10.9. The zero-order chi connectivity index (χ0) is 12.5. The van der Waals surface area contributed by atoms with Crippen molar-refractivity contribution in [3.8, 4) is 0 Å². The van der Waals surface area contributed by atoms with Gasteiger partial charge in [-0.05, 0) is 19.8 Å². The van der Waals surface area contributed by atoms with Crippen molar-refractivity contribution in [1.82, 2.24) is 19.7 Å². The van der Waals surface area contributed by atoms with Gasteiger partial charge in [0.05, 0.1) is 6.54 Å². The van der Waals surface area contributed by atoms with Crippen molar-refractivity contribution in [3.63, 3.8) is 0 Å². The molecule has 5 nitrogen and oxygen atoms in total. The van der Waals surface area contributed by atoms with E-state index in [0.29, 0.717) is 17.9 Å². The van der Waals surface area contributed by atoms with Crippen LogP contribution in [0.1, 0.15) is 44.9 Å². The Morgan fingerprint density at radius 1 is 1.33 bits per heavy atom.